The molecule has 2 amide bonds. The lowest BCUT2D eigenvalue weighted by atomic mass is 10.1. The fourth-order valence-corrected chi connectivity index (χ4v) is 1.97. The standard InChI is InChI=1S/C14H16N2O3/c17-13(18)9-10-5-7-12(8-6-10)16-14(19)15-11-3-1-2-4-11/h1-2,5-8,11H,3-4,9H2,(H,17,18)(H2,15,16,19). The molecular weight excluding hydrogens is 244 g/mol. The monoisotopic (exact) mass is 260 g/mol. The first kappa shape index (κ1) is 13.1. The molecule has 0 radical (unpaired) electrons. The number of urea groups is 1. The third-order valence-electron chi connectivity index (χ3n) is 2.91. The molecule has 100 valence electrons. The van der Waals surface area contributed by atoms with Crippen LogP contribution in [0.3, 0.4) is 0 Å². The van der Waals surface area contributed by atoms with Gasteiger partial charge in [0.15, 0.2) is 0 Å². The largest absolute Gasteiger partial charge is 0.481 e. The second-order valence-corrected chi connectivity index (χ2v) is 4.51. The molecule has 0 heterocycles. The molecule has 19 heavy (non-hydrogen) atoms. The van der Waals surface area contributed by atoms with Crippen LogP contribution in [0, 0.1) is 0 Å². The van der Waals surface area contributed by atoms with Crippen molar-refractivity contribution in [2.75, 3.05) is 5.32 Å². The molecule has 0 saturated carbocycles. The molecule has 1 aliphatic rings. The van der Waals surface area contributed by atoms with Crippen LogP contribution in [0.4, 0.5) is 10.5 Å². The third-order valence-corrected chi connectivity index (χ3v) is 2.91. The number of nitrogens with one attached hydrogen (secondary N) is 2. The van der Waals surface area contributed by atoms with E-state index >= 15 is 0 Å². The van der Waals surface area contributed by atoms with Gasteiger partial charge in [-0.2, -0.15) is 0 Å². The Hall–Kier alpha value is -2.30. The Bertz CT molecular complexity index is 486. The first-order valence-corrected chi connectivity index (χ1v) is 6.17. The molecule has 0 bridgehead atoms. The van der Waals surface area contributed by atoms with E-state index in [1.807, 2.05) is 12.2 Å². The SMILES string of the molecule is O=C(O)Cc1ccc(NC(=O)NC2CC=CC2)cc1. The summed E-state index contributed by atoms with van der Waals surface area (Å²) < 4.78 is 0. The number of benzene rings is 1. The summed E-state index contributed by atoms with van der Waals surface area (Å²) in [6.45, 7) is 0. The summed E-state index contributed by atoms with van der Waals surface area (Å²) in [5, 5.41) is 14.2. The summed E-state index contributed by atoms with van der Waals surface area (Å²) in [4.78, 5) is 22.2. The molecule has 0 fully saturated rings. The number of hydrogen-bond acceptors (Lipinski definition) is 2. The first-order valence-electron chi connectivity index (χ1n) is 6.17. The Morgan fingerprint density at radius 3 is 2.37 bits per heavy atom. The zero-order chi connectivity index (χ0) is 13.7. The highest BCUT2D eigenvalue weighted by atomic mass is 16.4. The molecule has 0 aromatic heterocycles. The van der Waals surface area contributed by atoms with Crippen LogP contribution in [0.5, 0.6) is 0 Å². The van der Waals surface area contributed by atoms with Crippen molar-refractivity contribution in [1.29, 1.82) is 0 Å². The van der Waals surface area contributed by atoms with Gasteiger partial charge in [0.1, 0.15) is 0 Å². The number of hydrogen-bond donors (Lipinski definition) is 3. The maximum Gasteiger partial charge on any atom is 0.319 e. The highest BCUT2D eigenvalue weighted by Gasteiger charge is 2.12. The molecule has 0 aliphatic heterocycles. The van der Waals surface area contributed by atoms with Crippen LogP contribution in [-0.2, 0) is 11.2 Å². The second-order valence-electron chi connectivity index (χ2n) is 4.51. The molecule has 0 unspecified atom stereocenters. The average Bonchev–Trinajstić information content (AvgIpc) is 2.83. The van der Waals surface area contributed by atoms with Crippen LogP contribution in [-0.4, -0.2) is 23.1 Å². The van der Waals surface area contributed by atoms with Gasteiger partial charge >= 0.3 is 12.0 Å². The van der Waals surface area contributed by atoms with Crippen LogP contribution >= 0.6 is 0 Å². The lowest BCUT2D eigenvalue weighted by Crippen LogP contribution is -2.36. The summed E-state index contributed by atoms with van der Waals surface area (Å²) in [7, 11) is 0. The van der Waals surface area contributed by atoms with Crippen molar-refractivity contribution in [2.24, 2.45) is 0 Å². The van der Waals surface area contributed by atoms with E-state index in [-0.39, 0.29) is 18.5 Å². The molecular formula is C14H16N2O3. The van der Waals surface area contributed by atoms with Crippen molar-refractivity contribution >= 4 is 17.7 Å². The smallest absolute Gasteiger partial charge is 0.319 e. The third kappa shape index (κ3) is 4.13. The second kappa shape index (κ2) is 6.04. The molecule has 0 saturated heterocycles. The van der Waals surface area contributed by atoms with Crippen molar-refractivity contribution in [3.63, 3.8) is 0 Å². The number of carboxylic acids is 1. The minimum Gasteiger partial charge on any atom is -0.481 e. The Balaban J connectivity index is 1.84. The van der Waals surface area contributed by atoms with Gasteiger partial charge in [0.2, 0.25) is 0 Å². The zero-order valence-electron chi connectivity index (χ0n) is 10.4. The van der Waals surface area contributed by atoms with Gasteiger partial charge in [-0.1, -0.05) is 24.3 Å². The van der Waals surface area contributed by atoms with Gasteiger partial charge < -0.3 is 15.7 Å². The topological polar surface area (TPSA) is 78.4 Å². The first-order chi connectivity index (χ1) is 9.13. The Kier molecular flexibility index (Phi) is 4.18. The van der Waals surface area contributed by atoms with Crippen molar-refractivity contribution in [3.05, 3.63) is 42.0 Å². The predicted molar refractivity (Wildman–Crippen MR) is 72.1 cm³/mol. The minimum atomic E-state index is -0.868. The highest BCUT2D eigenvalue weighted by molar-refractivity contribution is 5.89. The number of carboxylic acid groups (broad SMARTS) is 1. The van der Waals surface area contributed by atoms with Gasteiger partial charge in [-0.3, -0.25) is 4.79 Å². The van der Waals surface area contributed by atoms with E-state index in [4.69, 9.17) is 5.11 Å². The number of carbonyl (C=O) groups excluding carboxylic acids is 1. The average molecular weight is 260 g/mol. The Morgan fingerprint density at radius 2 is 1.79 bits per heavy atom. The lowest BCUT2D eigenvalue weighted by molar-refractivity contribution is -0.136. The van der Waals surface area contributed by atoms with Crippen LogP contribution < -0.4 is 10.6 Å². The van der Waals surface area contributed by atoms with E-state index in [0.29, 0.717) is 11.3 Å². The van der Waals surface area contributed by atoms with E-state index in [1.165, 1.54) is 0 Å². The predicted octanol–water partition coefficient (Wildman–Crippen LogP) is 2.15. The van der Waals surface area contributed by atoms with Gasteiger partial charge in [0.05, 0.1) is 6.42 Å². The summed E-state index contributed by atoms with van der Waals surface area (Å²) in [6.07, 6.45) is 5.81. The van der Waals surface area contributed by atoms with Crippen molar-refractivity contribution in [1.82, 2.24) is 5.32 Å². The molecule has 2 rings (SSSR count). The van der Waals surface area contributed by atoms with Gasteiger partial charge in [0.25, 0.3) is 0 Å². The van der Waals surface area contributed by atoms with Crippen molar-refractivity contribution < 1.29 is 14.7 Å². The van der Waals surface area contributed by atoms with Crippen LogP contribution in [0.1, 0.15) is 18.4 Å². The minimum absolute atomic E-state index is 0.0137. The highest BCUT2D eigenvalue weighted by Crippen LogP contribution is 2.12. The number of amides is 2. The fourth-order valence-electron chi connectivity index (χ4n) is 1.97. The molecule has 0 atom stereocenters. The molecule has 1 aromatic rings. The fraction of sp³-hybridized carbons (Fsp3) is 0.286. The number of carbonyl (C=O) groups is 2. The van der Waals surface area contributed by atoms with E-state index < -0.39 is 5.97 Å². The molecule has 1 aromatic carbocycles. The van der Waals surface area contributed by atoms with E-state index in [0.717, 1.165) is 12.8 Å². The van der Waals surface area contributed by atoms with E-state index in [2.05, 4.69) is 10.6 Å². The van der Waals surface area contributed by atoms with Crippen LogP contribution in [0.15, 0.2) is 36.4 Å². The number of rotatable bonds is 4. The van der Waals surface area contributed by atoms with Crippen molar-refractivity contribution in [2.45, 2.75) is 25.3 Å². The van der Waals surface area contributed by atoms with Crippen molar-refractivity contribution in [3.8, 4) is 0 Å². The number of aliphatic carboxylic acids is 1. The zero-order valence-corrected chi connectivity index (χ0v) is 10.4. The van der Waals surface area contributed by atoms with Crippen LogP contribution in [0.2, 0.25) is 0 Å². The van der Waals surface area contributed by atoms with Gasteiger partial charge in [0, 0.05) is 11.7 Å². The van der Waals surface area contributed by atoms with E-state index in [1.54, 1.807) is 24.3 Å². The van der Waals surface area contributed by atoms with Gasteiger partial charge in [-0.05, 0) is 30.5 Å². The molecule has 1 aliphatic carbocycles. The summed E-state index contributed by atoms with van der Waals surface area (Å²) in [5.41, 5.74) is 1.36. The lowest BCUT2D eigenvalue weighted by Gasteiger charge is -2.13. The maximum atomic E-state index is 11.7. The summed E-state index contributed by atoms with van der Waals surface area (Å²) in [6, 6.07) is 6.72. The molecule has 5 heteroatoms. The number of anilines is 1. The maximum absolute atomic E-state index is 11.7. The van der Waals surface area contributed by atoms with E-state index in [9.17, 15) is 9.59 Å². The molecule has 0 spiro atoms. The Labute approximate surface area is 111 Å². The summed E-state index contributed by atoms with van der Waals surface area (Å²) in [5.74, 6) is -0.868. The molecule has 3 N–H and O–H groups in total. The van der Waals surface area contributed by atoms with Gasteiger partial charge in [-0.25, -0.2) is 4.79 Å². The molecule has 5 nitrogen and oxygen atoms in total. The van der Waals surface area contributed by atoms with Gasteiger partial charge in [-0.15, -0.1) is 0 Å². The Morgan fingerprint density at radius 1 is 1.16 bits per heavy atom. The quantitative estimate of drug-likeness (QED) is 0.726. The normalized spacial score (nSPS) is 14.3. The van der Waals surface area contributed by atoms with Crippen LogP contribution in [0.25, 0.3) is 0 Å². The summed E-state index contributed by atoms with van der Waals surface area (Å²) >= 11 is 0.